The van der Waals surface area contributed by atoms with E-state index in [0.717, 1.165) is 62.5 Å². The average Bonchev–Trinajstić information content (AvgIpc) is 3.25. The lowest BCUT2D eigenvalue weighted by molar-refractivity contribution is 0.0594. The first kappa shape index (κ1) is 18.1. The Morgan fingerprint density at radius 2 is 1.93 bits per heavy atom. The van der Waals surface area contributed by atoms with Crippen LogP contribution in [-0.2, 0) is 13.1 Å². The molecule has 0 aliphatic carbocycles. The van der Waals surface area contributed by atoms with Crippen LogP contribution in [0.5, 0.6) is 0 Å². The monoisotopic (exact) mass is 397 g/mol. The maximum Gasteiger partial charge on any atom is 0.255 e. The van der Waals surface area contributed by atoms with Gasteiger partial charge in [-0.25, -0.2) is 0 Å². The second-order valence-electron chi connectivity index (χ2n) is 8.56. The van der Waals surface area contributed by atoms with Crippen LogP contribution < -0.4 is 5.56 Å². The number of aromatic nitrogens is 1. The van der Waals surface area contributed by atoms with Gasteiger partial charge in [-0.05, 0) is 55.8 Å². The van der Waals surface area contributed by atoms with Crippen LogP contribution in [0.25, 0.3) is 0 Å². The summed E-state index contributed by atoms with van der Waals surface area (Å²) in [6.45, 7) is 5.20. The van der Waals surface area contributed by atoms with Gasteiger partial charge in [0.2, 0.25) is 0 Å². The van der Waals surface area contributed by atoms with E-state index in [9.17, 15) is 9.59 Å². The Morgan fingerprint density at radius 3 is 2.71 bits per heavy atom. The fraction of sp³-hybridized carbons (Fsp3) is 0.545. The lowest BCUT2D eigenvalue weighted by Crippen LogP contribution is -2.49. The lowest BCUT2D eigenvalue weighted by Gasteiger charge is -2.43. The molecule has 5 heterocycles. The maximum atomic E-state index is 13.2. The molecule has 0 aromatic carbocycles. The molecule has 1 amide bonds. The molecule has 0 spiro atoms. The van der Waals surface area contributed by atoms with E-state index in [1.807, 2.05) is 32.4 Å². The summed E-state index contributed by atoms with van der Waals surface area (Å²) < 4.78 is 2.02. The van der Waals surface area contributed by atoms with Crippen LogP contribution >= 0.6 is 11.3 Å². The number of amides is 1. The molecule has 0 unspecified atom stereocenters. The number of fused-ring (bicyclic) bond motifs is 4. The first-order chi connectivity index (χ1) is 13.7. The third-order valence-corrected chi connectivity index (χ3v) is 7.26. The molecule has 3 aliphatic heterocycles. The van der Waals surface area contributed by atoms with Gasteiger partial charge in [-0.1, -0.05) is 12.5 Å². The maximum absolute atomic E-state index is 13.2. The normalized spacial score (nSPS) is 24.8. The Kier molecular flexibility index (Phi) is 4.85. The van der Waals surface area contributed by atoms with E-state index in [4.69, 9.17) is 0 Å². The zero-order chi connectivity index (χ0) is 19.1. The number of nitrogens with zero attached hydrogens (tertiary/aromatic N) is 3. The molecule has 5 nitrogen and oxygen atoms in total. The molecule has 2 saturated heterocycles. The molecule has 148 valence electrons. The van der Waals surface area contributed by atoms with Crippen molar-refractivity contribution in [2.75, 3.05) is 26.2 Å². The largest absolute Gasteiger partial charge is 0.338 e. The Hall–Kier alpha value is -1.92. The molecule has 5 rings (SSSR count). The minimum absolute atomic E-state index is 0.133. The summed E-state index contributed by atoms with van der Waals surface area (Å²) in [5.41, 5.74) is 3.03. The fourth-order valence-electron chi connectivity index (χ4n) is 5.20. The van der Waals surface area contributed by atoms with E-state index in [1.165, 1.54) is 19.3 Å². The van der Waals surface area contributed by atoms with Crippen molar-refractivity contribution in [2.45, 2.75) is 44.7 Å². The summed E-state index contributed by atoms with van der Waals surface area (Å²) >= 11 is 1.56. The fourth-order valence-corrected chi connectivity index (χ4v) is 5.83. The Morgan fingerprint density at radius 1 is 1.07 bits per heavy atom. The van der Waals surface area contributed by atoms with E-state index < -0.39 is 0 Å². The van der Waals surface area contributed by atoms with Crippen LogP contribution in [0.15, 0.2) is 33.8 Å². The van der Waals surface area contributed by atoms with Crippen LogP contribution in [0.1, 0.15) is 53.2 Å². The summed E-state index contributed by atoms with van der Waals surface area (Å²) in [5, 5.41) is 3.88. The predicted octanol–water partition coefficient (Wildman–Crippen LogP) is 3.16. The number of rotatable bonds is 3. The molecular weight excluding hydrogens is 370 g/mol. The number of carbonyl (C=O) groups excluding carboxylic acids is 1. The number of hydrogen-bond acceptors (Lipinski definition) is 4. The van der Waals surface area contributed by atoms with E-state index in [1.54, 1.807) is 11.3 Å². The van der Waals surface area contributed by atoms with E-state index >= 15 is 0 Å². The molecule has 6 heteroatoms. The molecule has 2 aromatic heterocycles. The van der Waals surface area contributed by atoms with Gasteiger partial charge in [0.25, 0.3) is 11.5 Å². The summed E-state index contributed by atoms with van der Waals surface area (Å²) in [4.78, 5) is 30.4. The van der Waals surface area contributed by atoms with Crippen LogP contribution in [0.2, 0.25) is 0 Å². The van der Waals surface area contributed by atoms with Gasteiger partial charge in [0.1, 0.15) is 0 Å². The second-order valence-corrected chi connectivity index (χ2v) is 9.34. The van der Waals surface area contributed by atoms with Gasteiger partial charge < -0.3 is 9.47 Å². The van der Waals surface area contributed by atoms with Crippen molar-refractivity contribution < 1.29 is 4.79 Å². The quantitative estimate of drug-likeness (QED) is 0.799. The molecular formula is C22H27N3O2S. The highest BCUT2D eigenvalue weighted by molar-refractivity contribution is 7.08. The number of hydrogen-bond donors (Lipinski definition) is 0. The molecule has 28 heavy (non-hydrogen) atoms. The standard InChI is InChI=1S/C22H27N3O2S/c26-21(18-6-9-28-15-18)24-11-16-10-19(14-24)20-5-4-17(22(27)25(20)12-16)13-23-7-2-1-3-8-23/h4-6,9,15-16,19H,1-3,7-8,10-14H2/t16-,19+/m0/s1. The Labute approximate surface area is 169 Å². The summed E-state index contributed by atoms with van der Waals surface area (Å²) in [5.74, 6) is 0.775. The van der Waals surface area contributed by atoms with Crippen LogP contribution in [0.3, 0.4) is 0 Å². The first-order valence-corrected chi connectivity index (χ1v) is 11.4. The zero-order valence-corrected chi connectivity index (χ0v) is 17.0. The highest BCUT2D eigenvalue weighted by atomic mass is 32.1. The van der Waals surface area contributed by atoms with Crippen molar-refractivity contribution in [2.24, 2.45) is 5.92 Å². The number of carbonyl (C=O) groups is 1. The highest BCUT2D eigenvalue weighted by Gasteiger charge is 2.37. The van der Waals surface area contributed by atoms with Gasteiger partial charge in [-0.15, -0.1) is 0 Å². The van der Waals surface area contributed by atoms with E-state index in [-0.39, 0.29) is 17.4 Å². The predicted molar refractivity (Wildman–Crippen MR) is 111 cm³/mol. The van der Waals surface area contributed by atoms with Crippen molar-refractivity contribution in [3.8, 4) is 0 Å². The first-order valence-electron chi connectivity index (χ1n) is 10.5. The van der Waals surface area contributed by atoms with Crippen LogP contribution in [0.4, 0.5) is 0 Å². The third-order valence-electron chi connectivity index (χ3n) is 6.58. The molecule has 0 saturated carbocycles. The highest BCUT2D eigenvalue weighted by Crippen LogP contribution is 2.35. The minimum atomic E-state index is 0.133. The van der Waals surface area contributed by atoms with Crippen molar-refractivity contribution in [1.82, 2.24) is 14.4 Å². The number of pyridine rings is 1. The average molecular weight is 398 g/mol. The van der Waals surface area contributed by atoms with Crippen LogP contribution in [0, 0.1) is 5.92 Å². The third kappa shape index (κ3) is 3.33. The molecule has 3 aliphatic rings. The van der Waals surface area contributed by atoms with Crippen molar-refractivity contribution in [1.29, 1.82) is 0 Å². The zero-order valence-electron chi connectivity index (χ0n) is 16.2. The molecule has 0 N–H and O–H groups in total. The van der Waals surface area contributed by atoms with E-state index in [0.29, 0.717) is 5.92 Å². The molecule has 2 atom stereocenters. The van der Waals surface area contributed by atoms with Crippen molar-refractivity contribution in [3.05, 3.63) is 56.1 Å². The smallest absolute Gasteiger partial charge is 0.255 e. The van der Waals surface area contributed by atoms with E-state index in [2.05, 4.69) is 11.0 Å². The van der Waals surface area contributed by atoms with Gasteiger partial charge in [0.15, 0.2) is 0 Å². The molecule has 2 bridgehead atoms. The number of piperidine rings is 2. The SMILES string of the molecule is O=C(c1ccsc1)N1C[C@@H]2C[C@H](C1)c1ccc(CN3CCCCC3)c(=O)n1C2. The molecule has 2 aromatic rings. The summed E-state index contributed by atoms with van der Waals surface area (Å²) in [7, 11) is 0. The number of thiophene rings is 1. The Bertz CT molecular complexity index is 914. The molecule has 0 radical (unpaired) electrons. The minimum Gasteiger partial charge on any atom is -0.338 e. The van der Waals surface area contributed by atoms with Gasteiger partial charge in [-0.2, -0.15) is 11.3 Å². The second kappa shape index (κ2) is 7.48. The van der Waals surface area contributed by atoms with Gasteiger partial charge in [-0.3, -0.25) is 14.5 Å². The lowest BCUT2D eigenvalue weighted by atomic mass is 9.82. The van der Waals surface area contributed by atoms with Crippen molar-refractivity contribution >= 4 is 17.2 Å². The summed E-state index contributed by atoms with van der Waals surface area (Å²) in [6, 6.07) is 6.10. The molecule has 2 fully saturated rings. The van der Waals surface area contributed by atoms with Gasteiger partial charge >= 0.3 is 0 Å². The van der Waals surface area contributed by atoms with Crippen molar-refractivity contribution in [3.63, 3.8) is 0 Å². The summed E-state index contributed by atoms with van der Waals surface area (Å²) in [6.07, 6.45) is 4.87. The Balaban J connectivity index is 1.38. The van der Waals surface area contributed by atoms with Crippen LogP contribution in [-0.4, -0.2) is 46.5 Å². The van der Waals surface area contributed by atoms with Gasteiger partial charge in [0, 0.05) is 48.7 Å². The number of likely N-dealkylation sites (tertiary alicyclic amines) is 2. The topological polar surface area (TPSA) is 45.6 Å². The van der Waals surface area contributed by atoms with Gasteiger partial charge in [0.05, 0.1) is 5.56 Å².